The number of hydrogen-bond donors (Lipinski definition) is 0. The first-order valence-corrected chi connectivity index (χ1v) is 3.68. The van der Waals surface area contributed by atoms with Gasteiger partial charge in [0.1, 0.15) is 13.1 Å². The van der Waals surface area contributed by atoms with Crippen LogP contribution >= 0.6 is 0 Å². The van der Waals surface area contributed by atoms with Gasteiger partial charge in [-0.2, -0.15) is 0 Å². The van der Waals surface area contributed by atoms with Crippen molar-refractivity contribution in [3.8, 4) is 0 Å². The van der Waals surface area contributed by atoms with Crippen LogP contribution in [0.2, 0.25) is 0 Å². The van der Waals surface area contributed by atoms with E-state index in [0.717, 1.165) is 13.2 Å². The molecule has 54 valence electrons. The molecule has 1 saturated heterocycles. The monoisotopic (exact) mass is 130 g/mol. The molecule has 0 atom stereocenters. The average molecular weight is 130 g/mol. The van der Waals surface area contributed by atoms with Gasteiger partial charge in [-0.3, -0.25) is 0 Å². The minimum Gasteiger partial charge on any atom is -0.370 e. The van der Waals surface area contributed by atoms with Crippen molar-refractivity contribution in [1.29, 1.82) is 0 Å². The molecule has 0 bridgehead atoms. The summed E-state index contributed by atoms with van der Waals surface area (Å²) in [5.41, 5.74) is 0. The van der Waals surface area contributed by atoms with Crippen LogP contribution in [0.5, 0.6) is 0 Å². The van der Waals surface area contributed by atoms with Gasteiger partial charge in [-0.1, -0.05) is 0 Å². The molecule has 0 unspecified atom stereocenters. The molecule has 0 amide bonds. The maximum absolute atomic E-state index is 5.25. The Balaban J connectivity index is 2.37. The Morgan fingerprint density at radius 3 is 2.22 bits per heavy atom. The molecule has 0 radical (unpaired) electrons. The van der Waals surface area contributed by atoms with Crippen molar-refractivity contribution in [1.82, 2.24) is 0 Å². The normalized spacial score (nSPS) is 26.0. The van der Waals surface area contributed by atoms with Crippen LogP contribution in [0.15, 0.2) is 0 Å². The van der Waals surface area contributed by atoms with Gasteiger partial charge in [-0.15, -0.1) is 0 Å². The molecule has 1 aliphatic heterocycles. The Kier molecular flexibility index (Phi) is 2.09. The zero-order chi connectivity index (χ0) is 6.74. The molecule has 2 nitrogen and oxygen atoms in total. The lowest BCUT2D eigenvalue weighted by Crippen LogP contribution is -2.51. The van der Waals surface area contributed by atoms with Crippen LogP contribution in [0, 0.1) is 0 Å². The summed E-state index contributed by atoms with van der Waals surface area (Å²) in [7, 11) is 2.29. The van der Waals surface area contributed by atoms with E-state index in [1.54, 1.807) is 0 Å². The summed E-state index contributed by atoms with van der Waals surface area (Å²) in [6.45, 7) is 7.76. The summed E-state index contributed by atoms with van der Waals surface area (Å²) in [6.07, 6.45) is 0. The molecule has 1 aliphatic rings. The second-order valence-electron chi connectivity index (χ2n) is 3.00. The molecular weight excluding hydrogens is 114 g/mol. The SMILES string of the molecule is CC[N+]1(C)CCOCC1. The van der Waals surface area contributed by atoms with Crippen molar-refractivity contribution in [3.05, 3.63) is 0 Å². The second-order valence-corrected chi connectivity index (χ2v) is 3.00. The van der Waals surface area contributed by atoms with E-state index in [4.69, 9.17) is 4.74 Å². The molecular formula is C7H16NO+. The Bertz CT molecular complexity index is 86.9. The first-order chi connectivity index (χ1) is 4.27. The van der Waals surface area contributed by atoms with Crippen LogP contribution < -0.4 is 0 Å². The Morgan fingerprint density at radius 2 is 1.89 bits per heavy atom. The number of quaternary nitrogens is 1. The third-order valence-corrected chi connectivity index (χ3v) is 2.31. The number of ether oxygens (including phenoxy) is 1. The van der Waals surface area contributed by atoms with Crippen LogP contribution in [-0.4, -0.2) is 44.4 Å². The van der Waals surface area contributed by atoms with Crippen LogP contribution in [0.1, 0.15) is 6.92 Å². The third-order valence-electron chi connectivity index (χ3n) is 2.31. The molecule has 2 heteroatoms. The predicted molar refractivity (Wildman–Crippen MR) is 37.3 cm³/mol. The van der Waals surface area contributed by atoms with E-state index in [1.807, 2.05) is 0 Å². The Morgan fingerprint density at radius 1 is 1.33 bits per heavy atom. The molecule has 0 aliphatic carbocycles. The highest BCUT2D eigenvalue weighted by Gasteiger charge is 2.21. The van der Waals surface area contributed by atoms with E-state index in [-0.39, 0.29) is 0 Å². The molecule has 0 saturated carbocycles. The van der Waals surface area contributed by atoms with Crippen molar-refractivity contribution < 1.29 is 9.22 Å². The van der Waals surface area contributed by atoms with Gasteiger partial charge in [0.2, 0.25) is 0 Å². The van der Waals surface area contributed by atoms with Gasteiger partial charge in [0.05, 0.1) is 26.8 Å². The van der Waals surface area contributed by atoms with E-state index in [1.165, 1.54) is 24.1 Å². The van der Waals surface area contributed by atoms with Gasteiger partial charge >= 0.3 is 0 Å². The first-order valence-electron chi connectivity index (χ1n) is 3.68. The minimum atomic E-state index is 0.949. The van der Waals surface area contributed by atoms with E-state index < -0.39 is 0 Å². The lowest BCUT2D eigenvalue weighted by molar-refractivity contribution is -0.915. The number of nitrogens with zero attached hydrogens (tertiary/aromatic N) is 1. The highest BCUT2D eigenvalue weighted by atomic mass is 16.5. The van der Waals surface area contributed by atoms with Gasteiger partial charge in [0.15, 0.2) is 0 Å². The quantitative estimate of drug-likeness (QED) is 0.469. The van der Waals surface area contributed by atoms with Crippen molar-refractivity contribution in [2.24, 2.45) is 0 Å². The first kappa shape index (κ1) is 7.03. The van der Waals surface area contributed by atoms with E-state index in [0.29, 0.717) is 0 Å². The molecule has 0 aromatic carbocycles. The van der Waals surface area contributed by atoms with Gasteiger partial charge in [-0.25, -0.2) is 0 Å². The lowest BCUT2D eigenvalue weighted by Gasteiger charge is -2.36. The van der Waals surface area contributed by atoms with E-state index in [9.17, 15) is 0 Å². The molecule has 1 fully saturated rings. The van der Waals surface area contributed by atoms with Gasteiger partial charge in [0, 0.05) is 0 Å². The second kappa shape index (κ2) is 2.67. The smallest absolute Gasteiger partial charge is 0.102 e. The zero-order valence-electron chi connectivity index (χ0n) is 6.39. The molecule has 0 N–H and O–H groups in total. The fraction of sp³-hybridized carbons (Fsp3) is 1.00. The fourth-order valence-corrected chi connectivity index (χ4v) is 1.10. The number of morpholine rings is 1. The summed E-state index contributed by atoms with van der Waals surface area (Å²) >= 11 is 0. The highest BCUT2D eigenvalue weighted by molar-refractivity contribution is 4.43. The third kappa shape index (κ3) is 1.66. The standard InChI is InChI=1S/C7H16NO/c1-3-8(2)4-6-9-7-5-8/h3-7H2,1-2H3/q+1. The maximum atomic E-state index is 5.25. The Hall–Kier alpha value is -0.0800. The van der Waals surface area contributed by atoms with Crippen LogP contribution in [0.3, 0.4) is 0 Å². The van der Waals surface area contributed by atoms with E-state index in [2.05, 4.69) is 14.0 Å². The van der Waals surface area contributed by atoms with Crippen molar-refractivity contribution >= 4 is 0 Å². The number of rotatable bonds is 1. The van der Waals surface area contributed by atoms with Crippen molar-refractivity contribution in [2.45, 2.75) is 6.92 Å². The summed E-state index contributed by atoms with van der Waals surface area (Å²) in [6, 6.07) is 0. The minimum absolute atomic E-state index is 0.949. The highest BCUT2D eigenvalue weighted by Crippen LogP contribution is 2.05. The van der Waals surface area contributed by atoms with Gasteiger partial charge in [0.25, 0.3) is 0 Å². The molecule has 1 rings (SSSR count). The molecule has 1 heterocycles. The number of hydrogen-bond acceptors (Lipinski definition) is 1. The van der Waals surface area contributed by atoms with Crippen LogP contribution in [0.4, 0.5) is 0 Å². The topological polar surface area (TPSA) is 9.23 Å². The summed E-state index contributed by atoms with van der Waals surface area (Å²) in [4.78, 5) is 0. The summed E-state index contributed by atoms with van der Waals surface area (Å²) in [5, 5.41) is 0. The number of likely N-dealkylation sites (N-methyl/N-ethyl adjacent to an activating group) is 1. The molecule has 0 aromatic rings. The average Bonchev–Trinajstić information content (AvgIpc) is 1.90. The van der Waals surface area contributed by atoms with E-state index >= 15 is 0 Å². The molecule has 0 aromatic heterocycles. The van der Waals surface area contributed by atoms with Gasteiger partial charge in [-0.05, 0) is 6.92 Å². The molecule has 9 heavy (non-hydrogen) atoms. The van der Waals surface area contributed by atoms with Crippen LogP contribution in [0.25, 0.3) is 0 Å². The van der Waals surface area contributed by atoms with Crippen molar-refractivity contribution in [3.63, 3.8) is 0 Å². The zero-order valence-corrected chi connectivity index (χ0v) is 6.39. The summed E-state index contributed by atoms with van der Waals surface area (Å²) < 4.78 is 6.45. The van der Waals surface area contributed by atoms with Crippen molar-refractivity contribution in [2.75, 3.05) is 39.9 Å². The Labute approximate surface area is 57.0 Å². The maximum Gasteiger partial charge on any atom is 0.102 e. The largest absolute Gasteiger partial charge is 0.370 e. The molecule has 0 spiro atoms. The van der Waals surface area contributed by atoms with Gasteiger partial charge < -0.3 is 9.22 Å². The van der Waals surface area contributed by atoms with Crippen LogP contribution in [-0.2, 0) is 4.74 Å². The lowest BCUT2D eigenvalue weighted by atomic mass is 10.3. The fourth-order valence-electron chi connectivity index (χ4n) is 1.10. The predicted octanol–water partition coefficient (Wildman–Crippen LogP) is 0.483. The summed E-state index contributed by atoms with van der Waals surface area (Å²) in [5.74, 6) is 0.